The van der Waals surface area contributed by atoms with Gasteiger partial charge in [0.25, 0.3) is 0 Å². The maximum absolute atomic E-state index is 8.91. The number of anilines is 1. The van der Waals surface area contributed by atoms with Crippen LogP contribution in [0.3, 0.4) is 0 Å². The molecule has 0 saturated heterocycles. The summed E-state index contributed by atoms with van der Waals surface area (Å²) in [6.07, 6.45) is 8.02. The van der Waals surface area contributed by atoms with Crippen molar-refractivity contribution in [1.82, 2.24) is 9.97 Å². The number of aryl methyl sites for hydroxylation is 1. The molecule has 0 bridgehead atoms. The van der Waals surface area contributed by atoms with E-state index < -0.39 is 0 Å². The highest BCUT2D eigenvalue weighted by Crippen LogP contribution is 2.26. The van der Waals surface area contributed by atoms with E-state index in [0.717, 1.165) is 41.0 Å². The molecule has 0 aliphatic heterocycles. The standard InChI is InChI=1S/C17H18N4/c1-11-8-12(10-18)2-3-13(11)4-7-17-20-15-6-5-14(19)9-16(15)21-17/h2-3,5-6,8-9,11,13H,4,7,19H2,1H3,(H,20,21). The van der Waals surface area contributed by atoms with Crippen molar-refractivity contribution >= 4 is 16.7 Å². The quantitative estimate of drug-likeness (QED) is 0.845. The van der Waals surface area contributed by atoms with Gasteiger partial charge in [0.2, 0.25) is 0 Å². The molecule has 1 aliphatic carbocycles. The molecule has 1 aliphatic rings. The SMILES string of the molecule is CC1C=C(C#N)C=CC1CCc1nc2ccc(N)cc2[nH]1. The van der Waals surface area contributed by atoms with Gasteiger partial charge in [0.15, 0.2) is 0 Å². The average molecular weight is 278 g/mol. The minimum atomic E-state index is 0.393. The Morgan fingerprint density at radius 1 is 1.43 bits per heavy atom. The highest BCUT2D eigenvalue weighted by Gasteiger charge is 2.17. The summed E-state index contributed by atoms with van der Waals surface area (Å²) in [7, 11) is 0. The lowest BCUT2D eigenvalue weighted by Gasteiger charge is -2.20. The molecule has 4 heteroatoms. The van der Waals surface area contributed by atoms with Crippen molar-refractivity contribution in [2.24, 2.45) is 11.8 Å². The number of aromatic nitrogens is 2. The second-order valence-corrected chi connectivity index (χ2v) is 5.61. The number of nitriles is 1. The molecule has 0 spiro atoms. The van der Waals surface area contributed by atoms with Gasteiger partial charge in [-0.1, -0.05) is 19.1 Å². The minimum Gasteiger partial charge on any atom is -0.399 e. The molecule has 21 heavy (non-hydrogen) atoms. The van der Waals surface area contributed by atoms with Gasteiger partial charge in [-0.25, -0.2) is 4.98 Å². The maximum atomic E-state index is 8.91. The lowest BCUT2D eigenvalue weighted by atomic mass is 9.84. The van der Waals surface area contributed by atoms with Crippen LogP contribution in [0.25, 0.3) is 11.0 Å². The van der Waals surface area contributed by atoms with Gasteiger partial charge in [0.1, 0.15) is 5.82 Å². The zero-order valence-corrected chi connectivity index (χ0v) is 12.0. The molecule has 106 valence electrons. The third-order valence-corrected chi connectivity index (χ3v) is 4.04. The van der Waals surface area contributed by atoms with Gasteiger partial charge >= 0.3 is 0 Å². The number of nitrogens with one attached hydrogen (secondary N) is 1. The normalized spacial score (nSPS) is 21.2. The van der Waals surface area contributed by atoms with Crippen molar-refractivity contribution in [2.75, 3.05) is 5.73 Å². The Bertz CT molecular complexity index is 761. The van der Waals surface area contributed by atoms with Crippen LogP contribution in [0.4, 0.5) is 5.69 Å². The lowest BCUT2D eigenvalue weighted by molar-refractivity contribution is 0.466. The van der Waals surface area contributed by atoms with E-state index in [2.05, 4.69) is 29.0 Å². The minimum absolute atomic E-state index is 0.393. The molecule has 1 aromatic heterocycles. The van der Waals surface area contributed by atoms with Crippen molar-refractivity contribution in [3.63, 3.8) is 0 Å². The number of H-pyrrole nitrogens is 1. The van der Waals surface area contributed by atoms with Gasteiger partial charge in [0, 0.05) is 17.7 Å². The summed E-state index contributed by atoms with van der Waals surface area (Å²) >= 11 is 0. The van der Waals surface area contributed by atoms with Gasteiger partial charge < -0.3 is 10.7 Å². The summed E-state index contributed by atoms with van der Waals surface area (Å²) in [5.41, 5.74) is 9.23. The predicted octanol–water partition coefficient (Wildman–Crippen LogP) is 3.35. The summed E-state index contributed by atoms with van der Waals surface area (Å²) in [5.74, 6) is 1.84. The number of aromatic amines is 1. The number of nitrogens with zero attached hydrogens (tertiary/aromatic N) is 2. The van der Waals surface area contributed by atoms with Crippen molar-refractivity contribution in [3.05, 3.63) is 47.8 Å². The number of benzene rings is 1. The molecule has 4 nitrogen and oxygen atoms in total. The van der Waals surface area contributed by atoms with Gasteiger partial charge in [-0.3, -0.25) is 0 Å². The molecular weight excluding hydrogens is 260 g/mol. The fraction of sp³-hybridized carbons (Fsp3) is 0.294. The van der Waals surface area contributed by atoms with Crippen LogP contribution in [0.2, 0.25) is 0 Å². The molecule has 3 N–H and O–H groups in total. The van der Waals surface area contributed by atoms with E-state index in [-0.39, 0.29) is 0 Å². The predicted molar refractivity (Wildman–Crippen MR) is 84.3 cm³/mol. The summed E-state index contributed by atoms with van der Waals surface area (Å²) < 4.78 is 0. The number of nitrogens with two attached hydrogens (primary N) is 1. The van der Waals surface area contributed by atoms with Crippen molar-refractivity contribution in [2.45, 2.75) is 19.8 Å². The maximum Gasteiger partial charge on any atom is 0.107 e. The van der Waals surface area contributed by atoms with E-state index in [9.17, 15) is 0 Å². The molecule has 0 radical (unpaired) electrons. The number of fused-ring (bicyclic) bond motifs is 1. The summed E-state index contributed by atoms with van der Waals surface area (Å²) in [5, 5.41) is 8.91. The molecule has 0 amide bonds. The third kappa shape index (κ3) is 2.82. The first-order valence-electron chi connectivity index (χ1n) is 7.20. The van der Waals surface area contributed by atoms with E-state index in [1.165, 1.54) is 0 Å². The van der Waals surface area contributed by atoms with Crippen LogP contribution < -0.4 is 5.73 Å². The Labute approximate surface area is 124 Å². The van der Waals surface area contributed by atoms with Crippen LogP contribution in [0.15, 0.2) is 42.0 Å². The highest BCUT2D eigenvalue weighted by molar-refractivity contribution is 5.78. The Hall–Kier alpha value is -2.54. The fourth-order valence-corrected chi connectivity index (χ4v) is 2.80. The smallest absolute Gasteiger partial charge is 0.107 e. The topological polar surface area (TPSA) is 78.5 Å². The molecule has 1 aromatic carbocycles. The van der Waals surface area contributed by atoms with E-state index in [1.54, 1.807) is 0 Å². The highest BCUT2D eigenvalue weighted by atomic mass is 14.9. The van der Waals surface area contributed by atoms with Crippen molar-refractivity contribution < 1.29 is 0 Å². The fourth-order valence-electron chi connectivity index (χ4n) is 2.80. The number of allylic oxidation sites excluding steroid dienone is 4. The van der Waals surface area contributed by atoms with Crippen molar-refractivity contribution in [1.29, 1.82) is 5.26 Å². The lowest BCUT2D eigenvalue weighted by Crippen LogP contribution is -2.12. The molecule has 2 unspecified atom stereocenters. The van der Waals surface area contributed by atoms with Gasteiger partial charge in [0.05, 0.1) is 17.1 Å². The van der Waals surface area contributed by atoms with E-state index >= 15 is 0 Å². The Morgan fingerprint density at radius 3 is 3.05 bits per heavy atom. The first-order chi connectivity index (χ1) is 10.2. The van der Waals surface area contributed by atoms with E-state index in [0.29, 0.717) is 11.8 Å². The monoisotopic (exact) mass is 278 g/mol. The summed E-state index contributed by atoms with van der Waals surface area (Å²) in [6, 6.07) is 7.92. The first-order valence-corrected chi connectivity index (χ1v) is 7.20. The molecule has 0 saturated carbocycles. The van der Waals surface area contributed by atoms with Crippen LogP contribution in [-0.2, 0) is 6.42 Å². The van der Waals surface area contributed by atoms with E-state index in [4.69, 9.17) is 11.0 Å². The van der Waals surface area contributed by atoms with Crippen LogP contribution >= 0.6 is 0 Å². The second-order valence-electron chi connectivity index (χ2n) is 5.61. The molecule has 3 rings (SSSR count). The van der Waals surface area contributed by atoms with Gasteiger partial charge in [-0.15, -0.1) is 0 Å². The number of hydrogen-bond acceptors (Lipinski definition) is 3. The van der Waals surface area contributed by atoms with E-state index in [1.807, 2.05) is 30.4 Å². The van der Waals surface area contributed by atoms with Gasteiger partial charge in [-0.2, -0.15) is 5.26 Å². The zero-order chi connectivity index (χ0) is 14.8. The van der Waals surface area contributed by atoms with Crippen LogP contribution in [-0.4, -0.2) is 9.97 Å². The number of imidazole rings is 1. The van der Waals surface area contributed by atoms with Crippen LogP contribution in [0.5, 0.6) is 0 Å². The second kappa shape index (κ2) is 5.45. The largest absolute Gasteiger partial charge is 0.399 e. The number of nitrogen functional groups attached to an aromatic ring is 1. The Balaban J connectivity index is 1.69. The molecule has 1 heterocycles. The summed E-state index contributed by atoms with van der Waals surface area (Å²) in [4.78, 5) is 7.92. The molecular formula is C17H18N4. The van der Waals surface area contributed by atoms with Crippen LogP contribution in [0, 0.1) is 23.2 Å². The molecule has 2 aromatic rings. The first kappa shape index (κ1) is 13.4. The molecule has 2 atom stereocenters. The molecule has 0 fully saturated rings. The third-order valence-electron chi connectivity index (χ3n) is 4.04. The van der Waals surface area contributed by atoms with Gasteiger partial charge in [-0.05, 0) is 42.5 Å². The summed E-state index contributed by atoms with van der Waals surface area (Å²) in [6.45, 7) is 2.16. The number of rotatable bonds is 3. The number of hydrogen-bond donors (Lipinski definition) is 2. The zero-order valence-electron chi connectivity index (χ0n) is 12.0. The van der Waals surface area contributed by atoms with Crippen LogP contribution in [0.1, 0.15) is 19.2 Å². The van der Waals surface area contributed by atoms with Crippen molar-refractivity contribution in [3.8, 4) is 6.07 Å². The Morgan fingerprint density at radius 2 is 2.29 bits per heavy atom. The average Bonchev–Trinajstić information content (AvgIpc) is 2.87. The Kier molecular flexibility index (Phi) is 3.49.